The Balaban J connectivity index is 3.07. The van der Waals surface area contributed by atoms with Gasteiger partial charge in [0.15, 0.2) is 0 Å². The largest absolute Gasteiger partial charge is 0.481 e. The molecule has 1 N–H and O–H groups in total. The van der Waals surface area contributed by atoms with Gasteiger partial charge in [0.05, 0.1) is 271 Å². The van der Waals surface area contributed by atoms with Crippen molar-refractivity contribution < 1.29 is 105 Å². The van der Waals surface area contributed by atoms with Crippen molar-refractivity contribution in [3.05, 3.63) is 0 Å². The summed E-state index contributed by atoms with van der Waals surface area (Å²) in [6.07, 6.45) is -0.00791. The van der Waals surface area contributed by atoms with Gasteiger partial charge in [-0.3, -0.25) is 4.79 Å². The van der Waals surface area contributed by atoms with Crippen LogP contribution < -0.4 is 0 Å². The minimum absolute atomic E-state index is 0.00791. The molecule has 0 atom stereocenters. The highest BCUT2D eigenvalue weighted by molar-refractivity contribution is 7.80. The van der Waals surface area contributed by atoms with Crippen LogP contribution in [0.2, 0.25) is 0 Å². The zero-order valence-electron chi connectivity index (χ0n) is 39.7. The van der Waals surface area contributed by atoms with Gasteiger partial charge in [-0.2, -0.15) is 12.6 Å². The standard InChI is InChI=1S/C43H86O22S/c44-43(45)1-2-46-3-4-47-5-6-48-7-8-49-9-10-50-11-12-51-13-14-52-15-16-53-17-18-54-19-20-55-21-22-56-23-24-57-25-26-58-27-28-59-29-30-60-31-32-61-33-34-62-35-36-63-37-38-64-39-40-65-41-42-66/h66H,1-42H2,(H,44,45). The number of carbonyl (C=O) groups is 1. The van der Waals surface area contributed by atoms with Gasteiger partial charge in [0.25, 0.3) is 0 Å². The van der Waals surface area contributed by atoms with Crippen LogP contribution in [-0.4, -0.2) is 281 Å². The molecule has 0 saturated heterocycles. The molecule has 0 aliphatic carbocycles. The molecule has 0 heterocycles. The molecule has 0 aliphatic heterocycles. The summed E-state index contributed by atoms with van der Waals surface area (Å²) in [4.78, 5) is 10.4. The molecule has 0 aromatic rings. The normalized spacial score (nSPS) is 11.7. The van der Waals surface area contributed by atoms with E-state index < -0.39 is 5.97 Å². The fourth-order valence-electron chi connectivity index (χ4n) is 4.50. The first-order chi connectivity index (χ1) is 32.8. The predicted molar refractivity (Wildman–Crippen MR) is 242 cm³/mol. The fraction of sp³-hybridized carbons (Fsp3) is 0.977. The van der Waals surface area contributed by atoms with Gasteiger partial charge in [-0.1, -0.05) is 0 Å². The van der Waals surface area contributed by atoms with Crippen molar-refractivity contribution in [2.24, 2.45) is 0 Å². The second-order valence-electron chi connectivity index (χ2n) is 13.1. The first-order valence-electron chi connectivity index (χ1n) is 23.1. The molecule has 0 amide bonds. The number of thiol groups is 1. The molecule has 0 unspecified atom stereocenters. The minimum atomic E-state index is -0.878. The molecule has 396 valence electrons. The molecule has 0 aromatic carbocycles. The van der Waals surface area contributed by atoms with Crippen LogP contribution in [0.4, 0.5) is 0 Å². The van der Waals surface area contributed by atoms with Crippen LogP contribution in [-0.2, 0) is 99.5 Å². The molecule has 0 aliphatic rings. The second kappa shape index (κ2) is 62.0. The zero-order valence-corrected chi connectivity index (χ0v) is 40.6. The molecule has 22 nitrogen and oxygen atoms in total. The van der Waals surface area contributed by atoms with Crippen LogP contribution in [0.3, 0.4) is 0 Å². The summed E-state index contributed by atoms with van der Waals surface area (Å²) in [7, 11) is 0. The van der Waals surface area contributed by atoms with Gasteiger partial charge in [0.2, 0.25) is 0 Å². The van der Waals surface area contributed by atoms with E-state index in [1.165, 1.54) is 0 Å². The number of carboxylic acids is 1. The third kappa shape index (κ3) is 63.0. The van der Waals surface area contributed by atoms with E-state index in [4.69, 9.17) is 99.8 Å². The summed E-state index contributed by atoms with van der Waals surface area (Å²) < 4.78 is 109. The quantitative estimate of drug-likeness (QED) is 0.0633. The highest BCUT2D eigenvalue weighted by Crippen LogP contribution is 1.90. The summed E-state index contributed by atoms with van der Waals surface area (Å²) in [6.45, 7) is 19.3. The Hall–Kier alpha value is -0.980. The molecule has 0 bridgehead atoms. The third-order valence-electron chi connectivity index (χ3n) is 7.76. The maximum atomic E-state index is 10.4. The molecule has 0 radical (unpaired) electrons. The van der Waals surface area contributed by atoms with E-state index in [2.05, 4.69) is 12.6 Å². The molecule has 0 fully saturated rings. The number of aliphatic carboxylic acids is 1. The van der Waals surface area contributed by atoms with Crippen molar-refractivity contribution in [3.63, 3.8) is 0 Å². The Morgan fingerprint density at radius 1 is 0.212 bits per heavy atom. The van der Waals surface area contributed by atoms with Crippen LogP contribution in [0.1, 0.15) is 6.42 Å². The molecule has 66 heavy (non-hydrogen) atoms. The topological polar surface area (TPSA) is 222 Å². The lowest BCUT2D eigenvalue weighted by atomic mass is 10.5. The molecule has 0 spiro atoms. The SMILES string of the molecule is O=C(O)CCOCCOCCOCCOCCOCCOCCOCCOCCOCCOCCOCCOCCOCCOCCOCCOCCOCCOCCOCCOCCS. The average Bonchev–Trinajstić information content (AvgIpc) is 3.32. The van der Waals surface area contributed by atoms with Crippen LogP contribution in [0.5, 0.6) is 0 Å². The molecule has 0 saturated carbocycles. The highest BCUT2D eigenvalue weighted by atomic mass is 32.1. The molecular formula is C43H86O22S. The van der Waals surface area contributed by atoms with Crippen LogP contribution in [0, 0.1) is 0 Å². The number of ether oxygens (including phenoxy) is 20. The van der Waals surface area contributed by atoms with Gasteiger partial charge < -0.3 is 99.8 Å². The first-order valence-corrected chi connectivity index (χ1v) is 23.8. The van der Waals surface area contributed by atoms with E-state index in [0.29, 0.717) is 263 Å². The average molecular weight is 987 g/mol. The van der Waals surface area contributed by atoms with Crippen LogP contribution in [0.15, 0.2) is 0 Å². The van der Waals surface area contributed by atoms with Crippen molar-refractivity contribution >= 4 is 18.6 Å². The molecule has 23 heteroatoms. The van der Waals surface area contributed by atoms with Crippen molar-refractivity contribution in [1.29, 1.82) is 0 Å². The predicted octanol–water partition coefficient (Wildman–Crippen LogP) is 0.723. The van der Waals surface area contributed by atoms with Crippen LogP contribution >= 0.6 is 12.6 Å². The summed E-state index contributed by atoms with van der Waals surface area (Å²) in [5.41, 5.74) is 0. The van der Waals surface area contributed by atoms with E-state index in [0.717, 1.165) is 0 Å². The summed E-state index contributed by atoms with van der Waals surface area (Å²) in [6, 6.07) is 0. The minimum Gasteiger partial charge on any atom is -0.481 e. The Morgan fingerprint density at radius 2 is 0.318 bits per heavy atom. The Bertz CT molecular complexity index is 891. The van der Waals surface area contributed by atoms with E-state index in [1.54, 1.807) is 0 Å². The maximum absolute atomic E-state index is 10.4. The van der Waals surface area contributed by atoms with Crippen molar-refractivity contribution in [2.75, 3.05) is 270 Å². The van der Waals surface area contributed by atoms with Crippen molar-refractivity contribution in [2.45, 2.75) is 6.42 Å². The van der Waals surface area contributed by atoms with Gasteiger partial charge in [-0.05, 0) is 0 Å². The van der Waals surface area contributed by atoms with E-state index >= 15 is 0 Å². The lowest BCUT2D eigenvalue weighted by molar-refractivity contribution is -0.138. The monoisotopic (exact) mass is 987 g/mol. The highest BCUT2D eigenvalue weighted by Gasteiger charge is 2.00. The number of carboxylic acid groups (broad SMARTS) is 1. The summed E-state index contributed by atoms with van der Waals surface area (Å²) >= 11 is 4.07. The van der Waals surface area contributed by atoms with Gasteiger partial charge >= 0.3 is 5.97 Å². The summed E-state index contributed by atoms with van der Waals surface area (Å²) in [5, 5.41) is 8.51. The second-order valence-corrected chi connectivity index (χ2v) is 13.6. The fourth-order valence-corrected chi connectivity index (χ4v) is 4.63. The first kappa shape index (κ1) is 65.0. The van der Waals surface area contributed by atoms with Gasteiger partial charge in [-0.25, -0.2) is 0 Å². The maximum Gasteiger partial charge on any atom is 0.305 e. The van der Waals surface area contributed by atoms with Gasteiger partial charge in [-0.15, -0.1) is 0 Å². The van der Waals surface area contributed by atoms with Gasteiger partial charge in [0.1, 0.15) is 0 Å². The van der Waals surface area contributed by atoms with E-state index in [1.807, 2.05) is 0 Å². The van der Waals surface area contributed by atoms with E-state index in [9.17, 15) is 4.79 Å². The van der Waals surface area contributed by atoms with Gasteiger partial charge in [0, 0.05) is 5.75 Å². The Morgan fingerprint density at radius 3 is 0.424 bits per heavy atom. The lowest BCUT2D eigenvalue weighted by Gasteiger charge is -2.09. The Kier molecular flexibility index (Phi) is 61.1. The zero-order chi connectivity index (χ0) is 47.4. The molecule has 0 rings (SSSR count). The van der Waals surface area contributed by atoms with E-state index in [-0.39, 0.29) is 13.0 Å². The van der Waals surface area contributed by atoms with Crippen LogP contribution in [0.25, 0.3) is 0 Å². The number of hydrogen-bond donors (Lipinski definition) is 2. The summed E-state index contributed by atoms with van der Waals surface area (Å²) in [5.74, 6) is -0.166. The lowest BCUT2D eigenvalue weighted by Crippen LogP contribution is -2.16. The van der Waals surface area contributed by atoms with Crippen molar-refractivity contribution in [3.8, 4) is 0 Å². The smallest absolute Gasteiger partial charge is 0.305 e. The number of rotatable bonds is 62. The van der Waals surface area contributed by atoms with Crippen molar-refractivity contribution in [1.82, 2.24) is 0 Å². The third-order valence-corrected chi connectivity index (χ3v) is 7.95. The number of hydrogen-bond acceptors (Lipinski definition) is 22. The molecule has 0 aromatic heterocycles. The molecular weight excluding hydrogens is 901 g/mol. The Labute approximate surface area is 398 Å².